The predicted molar refractivity (Wildman–Crippen MR) is 86.7 cm³/mol. The summed E-state index contributed by atoms with van der Waals surface area (Å²) in [5, 5.41) is 2.82. The number of rotatable bonds is 7. The van der Waals surface area contributed by atoms with Crippen LogP contribution in [0, 0.1) is 0 Å². The molecule has 6 heteroatoms. The van der Waals surface area contributed by atoms with E-state index < -0.39 is 6.04 Å². The molecule has 0 unspecified atom stereocenters. The molecule has 1 aromatic rings. The van der Waals surface area contributed by atoms with Gasteiger partial charge in [0.15, 0.2) is 0 Å². The van der Waals surface area contributed by atoms with E-state index in [1.807, 2.05) is 18.2 Å². The molecule has 0 bridgehead atoms. The lowest BCUT2D eigenvalue weighted by atomic mass is 10.1. The van der Waals surface area contributed by atoms with Crippen molar-refractivity contribution in [3.05, 3.63) is 35.9 Å². The van der Waals surface area contributed by atoms with Gasteiger partial charge in [0.25, 0.3) is 5.91 Å². The zero-order chi connectivity index (χ0) is 16.8. The van der Waals surface area contributed by atoms with Crippen LogP contribution in [0.1, 0.15) is 24.8 Å². The third kappa shape index (κ3) is 4.31. The van der Waals surface area contributed by atoms with Crippen molar-refractivity contribution >= 4 is 17.8 Å². The molecule has 1 saturated heterocycles. The number of likely N-dealkylation sites (N-methyl/N-ethyl adjacent to an activating group) is 2. The molecule has 2 rings (SSSR count). The lowest BCUT2D eigenvalue weighted by Crippen LogP contribution is -2.37. The number of nitrogens with one attached hydrogen (secondary N) is 1. The summed E-state index contributed by atoms with van der Waals surface area (Å²) in [7, 11) is 2.98. The first-order valence-corrected chi connectivity index (χ1v) is 7.85. The highest BCUT2D eigenvalue weighted by molar-refractivity contribution is 6.05. The van der Waals surface area contributed by atoms with Crippen molar-refractivity contribution in [2.24, 2.45) is 0 Å². The van der Waals surface area contributed by atoms with Gasteiger partial charge in [-0.05, 0) is 24.8 Å². The van der Waals surface area contributed by atoms with Crippen molar-refractivity contribution in [1.29, 1.82) is 0 Å². The minimum atomic E-state index is -0.684. The molecule has 0 radical (unpaired) electrons. The fourth-order valence-corrected chi connectivity index (χ4v) is 2.65. The van der Waals surface area contributed by atoms with Gasteiger partial charge in [-0.15, -0.1) is 0 Å². The first kappa shape index (κ1) is 17.0. The summed E-state index contributed by atoms with van der Waals surface area (Å²) in [6, 6.07) is 9.16. The zero-order valence-corrected chi connectivity index (χ0v) is 13.6. The molecular weight excluding hydrogens is 294 g/mol. The van der Waals surface area contributed by atoms with Crippen LogP contribution in [-0.4, -0.2) is 54.3 Å². The Hall–Kier alpha value is -2.37. The van der Waals surface area contributed by atoms with Gasteiger partial charge in [0.1, 0.15) is 6.04 Å². The van der Waals surface area contributed by atoms with Gasteiger partial charge in [-0.2, -0.15) is 0 Å². The van der Waals surface area contributed by atoms with E-state index in [1.165, 1.54) is 17.5 Å². The SMILES string of the molecule is CN1C(=O)[C@H](CC(=O)NCCCCc2ccccc2)N(C)C1=O. The summed E-state index contributed by atoms with van der Waals surface area (Å²) in [6.07, 6.45) is 2.88. The predicted octanol–water partition coefficient (Wildman–Crippen LogP) is 1.41. The summed E-state index contributed by atoms with van der Waals surface area (Å²) in [4.78, 5) is 37.8. The lowest BCUT2D eigenvalue weighted by molar-refractivity contribution is -0.131. The average Bonchev–Trinajstić information content (AvgIpc) is 2.73. The molecule has 0 aliphatic carbocycles. The number of benzene rings is 1. The molecule has 1 aliphatic heterocycles. The van der Waals surface area contributed by atoms with E-state index in [-0.39, 0.29) is 24.3 Å². The number of carbonyl (C=O) groups excluding carboxylic acids is 3. The fourth-order valence-electron chi connectivity index (χ4n) is 2.65. The van der Waals surface area contributed by atoms with E-state index in [2.05, 4.69) is 17.4 Å². The quantitative estimate of drug-likeness (QED) is 0.610. The highest BCUT2D eigenvalue weighted by Gasteiger charge is 2.41. The van der Waals surface area contributed by atoms with E-state index >= 15 is 0 Å². The second-order valence-electron chi connectivity index (χ2n) is 5.80. The van der Waals surface area contributed by atoms with Gasteiger partial charge >= 0.3 is 6.03 Å². The van der Waals surface area contributed by atoms with Crippen LogP contribution in [0.4, 0.5) is 4.79 Å². The van der Waals surface area contributed by atoms with Gasteiger partial charge in [-0.1, -0.05) is 30.3 Å². The van der Waals surface area contributed by atoms with E-state index in [0.717, 1.165) is 24.2 Å². The Morgan fingerprint density at radius 2 is 1.83 bits per heavy atom. The molecule has 0 spiro atoms. The van der Waals surface area contributed by atoms with Gasteiger partial charge in [0, 0.05) is 20.6 Å². The number of urea groups is 1. The Labute approximate surface area is 136 Å². The van der Waals surface area contributed by atoms with Gasteiger partial charge in [-0.25, -0.2) is 4.79 Å². The van der Waals surface area contributed by atoms with Crippen molar-refractivity contribution in [2.45, 2.75) is 31.7 Å². The van der Waals surface area contributed by atoms with Crippen LogP contribution in [0.3, 0.4) is 0 Å². The van der Waals surface area contributed by atoms with Crippen LogP contribution in [0.5, 0.6) is 0 Å². The molecule has 4 amide bonds. The molecule has 1 fully saturated rings. The second kappa shape index (κ2) is 7.76. The van der Waals surface area contributed by atoms with Gasteiger partial charge in [0.05, 0.1) is 6.42 Å². The number of unbranched alkanes of at least 4 members (excludes halogenated alkanes) is 1. The number of imide groups is 1. The van der Waals surface area contributed by atoms with Crippen LogP contribution < -0.4 is 5.32 Å². The molecular formula is C17H23N3O3. The number of hydrogen-bond donors (Lipinski definition) is 1. The summed E-state index contributed by atoms with van der Waals surface area (Å²) >= 11 is 0. The van der Waals surface area contributed by atoms with Crippen LogP contribution >= 0.6 is 0 Å². The summed E-state index contributed by atoms with van der Waals surface area (Å²) in [6.45, 7) is 0.583. The Balaban J connectivity index is 1.66. The van der Waals surface area contributed by atoms with Crippen molar-refractivity contribution < 1.29 is 14.4 Å². The van der Waals surface area contributed by atoms with Crippen molar-refractivity contribution in [3.8, 4) is 0 Å². The standard InChI is InChI=1S/C17H23N3O3/c1-19-14(16(22)20(2)17(19)23)12-15(21)18-11-7-6-10-13-8-4-3-5-9-13/h3-5,8-9,14H,6-7,10-12H2,1-2H3,(H,18,21)/t14-/m0/s1. The number of aryl methyl sites for hydroxylation is 1. The molecule has 1 aliphatic rings. The first-order valence-electron chi connectivity index (χ1n) is 7.85. The van der Waals surface area contributed by atoms with E-state index in [4.69, 9.17) is 0 Å². The van der Waals surface area contributed by atoms with Crippen molar-refractivity contribution in [1.82, 2.24) is 15.1 Å². The van der Waals surface area contributed by atoms with E-state index in [9.17, 15) is 14.4 Å². The smallest absolute Gasteiger partial charge is 0.326 e. The van der Waals surface area contributed by atoms with E-state index in [1.54, 1.807) is 7.05 Å². The van der Waals surface area contributed by atoms with Crippen LogP contribution in [-0.2, 0) is 16.0 Å². The van der Waals surface area contributed by atoms with Crippen LogP contribution in [0.2, 0.25) is 0 Å². The maximum atomic E-state index is 11.9. The Morgan fingerprint density at radius 1 is 1.13 bits per heavy atom. The zero-order valence-electron chi connectivity index (χ0n) is 13.6. The minimum Gasteiger partial charge on any atom is -0.356 e. The highest BCUT2D eigenvalue weighted by Crippen LogP contribution is 2.16. The Kier molecular flexibility index (Phi) is 5.73. The minimum absolute atomic E-state index is 0.0180. The Bertz CT molecular complexity index is 574. The number of nitrogens with zero attached hydrogens (tertiary/aromatic N) is 2. The van der Waals surface area contributed by atoms with Gasteiger partial charge in [0.2, 0.25) is 5.91 Å². The topological polar surface area (TPSA) is 69.7 Å². The molecule has 23 heavy (non-hydrogen) atoms. The summed E-state index contributed by atoms with van der Waals surface area (Å²) < 4.78 is 0. The molecule has 124 valence electrons. The van der Waals surface area contributed by atoms with Gasteiger partial charge < -0.3 is 10.2 Å². The molecule has 0 saturated carbocycles. The fraction of sp³-hybridized carbons (Fsp3) is 0.471. The number of amides is 4. The molecule has 0 aromatic heterocycles. The number of carbonyl (C=O) groups is 3. The monoisotopic (exact) mass is 317 g/mol. The molecule has 6 nitrogen and oxygen atoms in total. The largest absolute Gasteiger partial charge is 0.356 e. The third-order valence-electron chi connectivity index (χ3n) is 4.11. The molecule has 1 aromatic carbocycles. The maximum Gasteiger partial charge on any atom is 0.326 e. The molecule has 1 atom stereocenters. The van der Waals surface area contributed by atoms with Crippen LogP contribution in [0.15, 0.2) is 30.3 Å². The first-order chi connectivity index (χ1) is 11.0. The molecule has 1 N–H and O–H groups in total. The highest BCUT2D eigenvalue weighted by atomic mass is 16.2. The third-order valence-corrected chi connectivity index (χ3v) is 4.11. The van der Waals surface area contributed by atoms with Crippen molar-refractivity contribution in [3.63, 3.8) is 0 Å². The summed E-state index contributed by atoms with van der Waals surface area (Å²) in [5.74, 6) is -0.519. The number of hydrogen-bond acceptors (Lipinski definition) is 3. The molecule has 1 heterocycles. The van der Waals surface area contributed by atoms with Crippen molar-refractivity contribution in [2.75, 3.05) is 20.6 Å². The maximum absolute atomic E-state index is 11.9. The Morgan fingerprint density at radius 3 is 2.43 bits per heavy atom. The van der Waals surface area contributed by atoms with E-state index in [0.29, 0.717) is 6.54 Å². The second-order valence-corrected chi connectivity index (χ2v) is 5.80. The van der Waals surface area contributed by atoms with Crippen LogP contribution in [0.25, 0.3) is 0 Å². The average molecular weight is 317 g/mol. The summed E-state index contributed by atoms with van der Waals surface area (Å²) in [5.41, 5.74) is 1.29. The lowest BCUT2D eigenvalue weighted by Gasteiger charge is -2.15. The van der Waals surface area contributed by atoms with Gasteiger partial charge in [-0.3, -0.25) is 14.5 Å². The normalized spacial score (nSPS) is 17.7.